The van der Waals surface area contributed by atoms with Crippen LogP contribution in [0.25, 0.3) is 0 Å². The maximum Gasteiger partial charge on any atom is 0.336 e. The third kappa shape index (κ3) is 3.55. The molecule has 2 aromatic rings. The summed E-state index contributed by atoms with van der Waals surface area (Å²) in [6.45, 7) is 0. The highest BCUT2D eigenvalue weighted by Gasteiger charge is 2.18. The van der Waals surface area contributed by atoms with Gasteiger partial charge in [-0.1, -0.05) is 0 Å². The standard InChI is InChI=1S/C16H11NO7/c18-13(17-10-4-1-8(2-5-10)14(19)20)9-3-6-11(15(21)22)12(7-9)16(23)24/h1-7H,(H,17,18)(H,19,20)(H,21,22)(H,23,24). The lowest BCUT2D eigenvalue weighted by Gasteiger charge is -2.08. The van der Waals surface area contributed by atoms with E-state index in [1.165, 1.54) is 30.3 Å². The largest absolute Gasteiger partial charge is 0.478 e. The first-order chi connectivity index (χ1) is 11.3. The quantitative estimate of drug-likeness (QED) is 0.657. The molecule has 4 N–H and O–H groups in total. The number of rotatable bonds is 5. The van der Waals surface area contributed by atoms with Gasteiger partial charge in [-0.2, -0.15) is 0 Å². The predicted molar refractivity (Wildman–Crippen MR) is 81.7 cm³/mol. The number of aromatic carboxylic acids is 3. The van der Waals surface area contributed by atoms with E-state index in [9.17, 15) is 19.2 Å². The number of benzene rings is 2. The van der Waals surface area contributed by atoms with E-state index in [1.807, 2.05) is 0 Å². The molecule has 2 aromatic carbocycles. The SMILES string of the molecule is O=C(O)c1ccc(NC(=O)c2ccc(C(=O)O)c(C(=O)O)c2)cc1. The first-order valence-corrected chi connectivity index (χ1v) is 6.55. The minimum atomic E-state index is -1.46. The molecular weight excluding hydrogens is 318 g/mol. The highest BCUT2D eigenvalue weighted by atomic mass is 16.4. The molecule has 2 rings (SSSR count). The third-order valence-corrected chi connectivity index (χ3v) is 3.13. The Morgan fingerprint density at radius 3 is 1.71 bits per heavy atom. The monoisotopic (exact) mass is 329 g/mol. The van der Waals surface area contributed by atoms with Crippen molar-refractivity contribution in [2.24, 2.45) is 0 Å². The van der Waals surface area contributed by atoms with E-state index in [0.29, 0.717) is 5.69 Å². The topological polar surface area (TPSA) is 141 Å². The zero-order valence-corrected chi connectivity index (χ0v) is 12.0. The summed E-state index contributed by atoms with van der Waals surface area (Å²) >= 11 is 0. The Balaban J connectivity index is 2.26. The van der Waals surface area contributed by atoms with Crippen LogP contribution in [0.2, 0.25) is 0 Å². The van der Waals surface area contributed by atoms with Gasteiger partial charge in [0.2, 0.25) is 0 Å². The molecule has 24 heavy (non-hydrogen) atoms. The summed E-state index contributed by atoms with van der Waals surface area (Å²) in [5, 5.41) is 29.2. The summed E-state index contributed by atoms with van der Waals surface area (Å²) in [7, 11) is 0. The Morgan fingerprint density at radius 1 is 0.667 bits per heavy atom. The molecule has 8 nitrogen and oxygen atoms in total. The van der Waals surface area contributed by atoms with Gasteiger partial charge in [0.25, 0.3) is 5.91 Å². The molecule has 0 saturated heterocycles. The average Bonchev–Trinajstić information content (AvgIpc) is 2.54. The smallest absolute Gasteiger partial charge is 0.336 e. The van der Waals surface area contributed by atoms with Crippen LogP contribution >= 0.6 is 0 Å². The maximum absolute atomic E-state index is 12.1. The second-order valence-corrected chi connectivity index (χ2v) is 4.71. The number of hydrogen-bond acceptors (Lipinski definition) is 4. The van der Waals surface area contributed by atoms with E-state index in [0.717, 1.165) is 12.1 Å². The minimum absolute atomic E-state index is 0.0419. The molecule has 0 spiro atoms. The van der Waals surface area contributed by atoms with Gasteiger partial charge in [-0.15, -0.1) is 0 Å². The van der Waals surface area contributed by atoms with Crippen molar-refractivity contribution >= 4 is 29.5 Å². The van der Waals surface area contributed by atoms with Crippen molar-refractivity contribution in [1.29, 1.82) is 0 Å². The summed E-state index contributed by atoms with van der Waals surface area (Å²) in [5.74, 6) is -4.64. The number of nitrogens with one attached hydrogen (secondary N) is 1. The van der Waals surface area contributed by atoms with Crippen LogP contribution in [0, 0.1) is 0 Å². The number of anilines is 1. The van der Waals surface area contributed by atoms with Crippen molar-refractivity contribution in [2.75, 3.05) is 5.32 Å². The highest BCUT2D eigenvalue weighted by molar-refractivity contribution is 6.08. The van der Waals surface area contributed by atoms with Crippen molar-refractivity contribution < 1.29 is 34.5 Å². The molecule has 0 aliphatic heterocycles. The molecule has 8 heteroatoms. The molecular formula is C16H11NO7. The molecule has 0 bridgehead atoms. The Labute approximate surface area is 135 Å². The normalized spacial score (nSPS) is 10.0. The molecule has 0 radical (unpaired) electrons. The van der Waals surface area contributed by atoms with Crippen LogP contribution in [0.5, 0.6) is 0 Å². The molecule has 0 heterocycles. The molecule has 0 saturated carbocycles. The van der Waals surface area contributed by atoms with Crippen LogP contribution in [-0.4, -0.2) is 39.1 Å². The second kappa shape index (κ2) is 6.61. The van der Waals surface area contributed by atoms with Crippen LogP contribution < -0.4 is 5.32 Å². The van der Waals surface area contributed by atoms with Crippen molar-refractivity contribution in [3.63, 3.8) is 0 Å². The van der Waals surface area contributed by atoms with E-state index < -0.39 is 34.9 Å². The number of hydrogen-bond donors (Lipinski definition) is 4. The minimum Gasteiger partial charge on any atom is -0.478 e. The Hall–Kier alpha value is -3.68. The van der Waals surface area contributed by atoms with Gasteiger partial charge in [0.1, 0.15) is 0 Å². The number of carboxylic acids is 3. The van der Waals surface area contributed by atoms with Crippen LogP contribution in [-0.2, 0) is 0 Å². The summed E-state index contributed by atoms with van der Waals surface area (Å²) < 4.78 is 0. The van der Waals surface area contributed by atoms with Gasteiger partial charge in [0.15, 0.2) is 0 Å². The van der Waals surface area contributed by atoms with Crippen molar-refractivity contribution in [3.05, 3.63) is 64.7 Å². The molecule has 0 aromatic heterocycles. The lowest BCUT2D eigenvalue weighted by molar-refractivity contribution is 0.0651. The van der Waals surface area contributed by atoms with Gasteiger partial charge in [-0.05, 0) is 42.5 Å². The Morgan fingerprint density at radius 2 is 1.21 bits per heavy atom. The van der Waals surface area contributed by atoms with E-state index in [-0.39, 0.29) is 11.1 Å². The van der Waals surface area contributed by atoms with Crippen molar-refractivity contribution in [2.45, 2.75) is 0 Å². The molecule has 0 fully saturated rings. The van der Waals surface area contributed by atoms with Gasteiger partial charge < -0.3 is 20.6 Å². The van der Waals surface area contributed by atoms with Gasteiger partial charge >= 0.3 is 17.9 Å². The van der Waals surface area contributed by atoms with E-state index in [1.54, 1.807) is 0 Å². The fraction of sp³-hybridized carbons (Fsp3) is 0. The van der Waals surface area contributed by atoms with Gasteiger partial charge in [0.05, 0.1) is 16.7 Å². The maximum atomic E-state index is 12.1. The summed E-state index contributed by atoms with van der Waals surface area (Å²) in [4.78, 5) is 45.0. The average molecular weight is 329 g/mol. The molecule has 1 amide bonds. The van der Waals surface area contributed by atoms with Crippen LogP contribution in [0.15, 0.2) is 42.5 Å². The molecule has 0 aliphatic carbocycles. The fourth-order valence-electron chi connectivity index (χ4n) is 1.95. The molecule has 0 unspecified atom stereocenters. The van der Waals surface area contributed by atoms with Crippen LogP contribution in [0.1, 0.15) is 41.4 Å². The van der Waals surface area contributed by atoms with Crippen molar-refractivity contribution in [1.82, 2.24) is 0 Å². The van der Waals surface area contributed by atoms with Crippen LogP contribution in [0.3, 0.4) is 0 Å². The summed E-state index contributed by atoms with van der Waals surface area (Å²) in [6, 6.07) is 8.55. The fourth-order valence-corrected chi connectivity index (χ4v) is 1.95. The first kappa shape index (κ1) is 16.7. The zero-order chi connectivity index (χ0) is 17.9. The molecule has 0 atom stereocenters. The Kier molecular flexibility index (Phi) is 4.60. The number of carboxylic acid groups (broad SMARTS) is 3. The number of carbonyl (C=O) groups is 4. The van der Waals surface area contributed by atoms with Gasteiger partial charge in [-0.3, -0.25) is 4.79 Å². The number of carbonyl (C=O) groups excluding carboxylic acids is 1. The lowest BCUT2D eigenvalue weighted by Crippen LogP contribution is -2.15. The third-order valence-electron chi connectivity index (χ3n) is 3.13. The van der Waals surface area contributed by atoms with E-state index >= 15 is 0 Å². The lowest BCUT2D eigenvalue weighted by atomic mass is 10.0. The van der Waals surface area contributed by atoms with E-state index in [2.05, 4.69) is 5.32 Å². The van der Waals surface area contributed by atoms with E-state index in [4.69, 9.17) is 15.3 Å². The predicted octanol–water partition coefficient (Wildman–Crippen LogP) is 2.03. The second-order valence-electron chi connectivity index (χ2n) is 4.71. The van der Waals surface area contributed by atoms with Gasteiger partial charge in [0, 0.05) is 11.3 Å². The highest BCUT2D eigenvalue weighted by Crippen LogP contribution is 2.15. The van der Waals surface area contributed by atoms with Crippen LogP contribution in [0.4, 0.5) is 5.69 Å². The zero-order valence-electron chi connectivity index (χ0n) is 12.0. The van der Waals surface area contributed by atoms with Crippen molar-refractivity contribution in [3.8, 4) is 0 Å². The molecule has 0 aliphatic rings. The first-order valence-electron chi connectivity index (χ1n) is 6.55. The number of amides is 1. The summed E-state index contributed by atoms with van der Waals surface area (Å²) in [6.07, 6.45) is 0. The van der Waals surface area contributed by atoms with Gasteiger partial charge in [-0.25, -0.2) is 14.4 Å². The Bertz CT molecular complexity index is 840. The summed E-state index contributed by atoms with van der Waals surface area (Å²) in [5.41, 5.74) is -0.614. The molecule has 122 valence electrons.